The monoisotopic (exact) mass is 378 g/mol. The van der Waals surface area contributed by atoms with E-state index < -0.39 is 0 Å². The number of aromatic nitrogens is 3. The van der Waals surface area contributed by atoms with Crippen molar-refractivity contribution in [1.29, 1.82) is 0 Å². The molecule has 1 aliphatic rings. The molecule has 1 aliphatic carbocycles. The molecule has 134 valence electrons. The van der Waals surface area contributed by atoms with Crippen LogP contribution in [0.2, 0.25) is 5.02 Å². The fourth-order valence-electron chi connectivity index (χ4n) is 3.07. The van der Waals surface area contributed by atoms with Crippen molar-refractivity contribution in [2.75, 3.05) is 0 Å². The zero-order chi connectivity index (χ0) is 17.8. The second-order valence-corrected chi connectivity index (χ2v) is 8.05. The van der Waals surface area contributed by atoms with E-state index in [9.17, 15) is 4.79 Å². The third-order valence-electron chi connectivity index (χ3n) is 4.49. The van der Waals surface area contributed by atoms with Gasteiger partial charge in [-0.15, -0.1) is 10.2 Å². The highest BCUT2D eigenvalue weighted by molar-refractivity contribution is 8.00. The van der Waals surface area contributed by atoms with Crippen molar-refractivity contribution in [3.8, 4) is 11.4 Å². The first-order valence-electron chi connectivity index (χ1n) is 8.74. The molecule has 2 aromatic rings. The van der Waals surface area contributed by atoms with E-state index in [1.807, 2.05) is 35.8 Å². The highest BCUT2D eigenvalue weighted by atomic mass is 35.5. The molecule has 7 heteroatoms. The number of thioether (sulfide) groups is 1. The van der Waals surface area contributed by atoms with Gasteiger partial charge in [-0.2, -0.15) is 0 Å². The molecule has 1 aromatic heterocycles. The van der Waals surface area contributed by atoms with Gasteiger partial charge in [0.1, 0.15) is 0 Å². The van der Waals surface area contributed by atoms with E-state index in [0.29, 0.717) is 11.1 Å². The Morgan fingerprint density at radius 3 is 2.64 bits per heavy atom. The Balaban J connectivity index is 1.71. The van der Waals surface area contributed by atoms with Gasteiger partial charge in [-0.05, 0) is 51.0 Å². The van der Waals surface area contributed by atoms with Crippen molar-refractivity contribution in [3.05, 3.63) is 29.3 Å². The average molecular weight is 379 g/mol. The molecule has 1 fully saturated rings. The molecule has 3 rings (SSSR count). The molecule has 1 N–H and O–H groups in total. The number of hydrogen-bond acceptors (Lipinski definition) is 4. The number of nitrogens with one attached hydrogen (secondary N) is 1. The Labute approximate surface area is 157 Å². The van der Waals surface area contributed by atoms with Gasteiger partial charge in [0.05, 0.1) is 5.25 Å². The lowest BCUT2D eigenvalue weighted by Crippen LogP contribution is -2.37. The number of amides is 1. The molecule has 1 atom stereocenters. The Kier molecular flexibility index (Phi) is 6.02. The van der Waals surface area contributed by atoms with Crippen LogP contribution < -0.4 is 5.32 Å². The number of carbonyl (C=O) groups is 1. The minimum Gasteiger partial charge on any atom is -0.352 e. The maximum atomic E-state index is 12.4. The molecular weight excluding hydrogens is 356 g/mol. The quantitative estimate of drug-likeness (QED) is 0.767. The van der Waals surface area contributed by atoms with Crippen LogP contribution in [-0.2, 0) is 11.3 Å². The second-order valence-electron chi connectivity index (χ2n) is 6.31. The van der Waals surface area contributed by atoms with Crippen molar-refractivity contribution in [1.82, 2.24) is 20.1 Å². The number of halogens is 1. The van der Waals surface area contributed by atoms with Crippen LogP contribution in [0.15, 0.2) is 29.4 Å². The molecule has 5 nitrogen and oxygen atoms in total. The van der Waals surface area contributed by atoms with Gasteiger partial charge < -0.3 is 9.88 Å². The van der Waals surface area contributed by atoms with Crippen LogP contribution in [0.3, 0.4) is 0 Å². The Morgan fingerprint density at radius 2 is 2.00 bits per heavy atom. The largest absolute Gasteiger partial charge is 0.352 e. The smallest absolute Gasteiger partial charge is 0.233 e. The third kappa shape index (κ3) is 4.36. The minimum absolute atomic E-state index is 0.0793. The van der Waals surface area contributed by atoms with Gasteiger partial charge in [-0.3, -0.25) is 4.79 Å². The summed E-state index contributed by atoms with van der Waals surface area (Å²) < 4.78 is 2.03. The topological polar surface area (TPSA) is 59.8 Å². The van der Waals surface area contributed by atoms with Crippen molar-refractivity contribution in [3.63, 3.8) is 0 Å². The van der Waals surface area contributed by atoms with Crippen LogP contribution in [0, 0.1) is 0 Å². The lowest BCUT2D eigenvalue weighted by molar-refractivity contribution is -0.120. The fraction of sp³-hybridized carbons (Fsp3) is 0.500. The molecule has 1 amide bonds. The van der Waals surface area contributed by atoms with Gasteiger partial charge in [0.2, 0.25) is 5.91 Å². The molecular formula is C18H23ClN4OS. The van der Waals surface area contributed by atoms with Gasteiger partial charge in [0.15, 0.2) is 11.0 Å². The maximum absolute atomic E-state index is 12.4. The molecule has 0 aliphatic heterocycles. The first kappa shape index (κ1) is 18.3. The maximum Gasteiger partial charge on any atom is 0.233 e. The third-order valence-corrected chi connectivity index (χ3v) is 5.82. The summed E-state index contributed by atoms with van der Waals surface area (Å²) >= 11 is 7.42. The summed E-state index contributed by atoms with van der Waals surface area (Å²) in [6, 6.07) is 7.89. The zero-order valence-corrected chi connectivity index (χ0v) is 16.1. The first-order chi connectivity index (χ1) is 12.1. The molecule has 1 heterocycles. The van der Waals surface area contributed by atoms with E-state index in [0.717, 1.165) is 35.9 Å². The van der Waals surface area contributed by atoms with Crippen LogP contribution >= 0.6 is 23.4 Å². The molecule has 0 bridgehead atoms. The fourth-order valence-corrected chi connectivity index (χ4v) is 4.12. The number of hydrogen-bond donors (Lipinski definition) is 1. The highest BCUT2D eigenvalue weighted by Gasteiger charge is 2.23. The SMILES string of the molecule is CCn1c(S[C@@H](C)C(=O)NC2CCCC2)nnc1-c1ccc(Cl)cc1. The van der Waals surface area contributed by atoms with Crippen LogP contribution in [0.25, 0.3) is 11.4 Å². The molecule has 1 saturated carbocycles. The van der Waals surface area contributed by atoms with Crippen molar-refractivity contribution >= 4 is 29.3 Å². The molecule has 0 radical (unpaired) electrons. The van der Waals surface area contributed by atoms with E-state index in [1.54, 1.807) is 0 Å². The summed E-state index contributed by atoms with van der Waals surface area (Å²) in [6.07, 6.45) is 4.60. The van der Waals surface area contributed by atoms with Crippen LogP contribution in [0.4, 0.5) is 0 Å². The predicted molar refractivity (Wildman–Crippen MR) is 102 cm³/mol. The van der Waals surface area contributed by atoms with Gasteiger partial charge in [0, 0.05) is 23.2 Å². The van der Waals surface area contributed by atoms with E-state index in [-0.39, 0.29) is 11.2 Å². The summed E-state index contributed by atoms with van der Waals surface area (Å²) in [4.78, 5) is 12.4. The van der Waals surface area contributed by atoms with Gasteiger partial charge in [-0.1, -0.05) is 36.2 Å². The lowest BCUT2D eigenvalue weighted by atomic mass is 10.2. The molecule has 0 saturated heterocycles. The van der Waals surface area contributed by atoms with Gasteiger partial charge in [0.25, 0.3) is 0 Å². The molecule has 0 spiro atoms. The normalized spacial score (nSPS) is 16.1. The Hall–Kier alpha value is -1.53. The first-order valence-corrected chi connectivity index (χ1v) is 10.0. The standard InChI is InChI=1S/C18H23ClN4OS/c1-3-23-16(13-8-10-14(19)11-9-13)21-22-18(23)25-12(2)17(24)20-15-6-4-5-7-15/h8-12,15H,3-7H2,1-2H3,(H,20,24)/t12-/m0/s1. The summed E-state index contributed by atoms with van der Waals surface area (Å²) in [6.45, 7) is 4.71. The summed E-state index contributed by atoms with van der Waals surface area (Å²) in [7, 11) is 0. The highest BCUT2D eigenvalue weighted by Crippen LogP contribution is 2.28. The summed E-state index contributed by atoms with van der Waals surface area (Å²) in [5.74, 6) is 0.876. The van der Waals surface area contributed by atoms with E-state index >= 15 is 0 Å². The summed E-state index contributed by atoms with van der Waals surface area (Å²) in [5, 5.41) is 13.0. The Bertz CT molecular complexity index is 725. The van der Waals surface area contributed by atoms with Crippen LogP contribution in [-0.4, -0.2) is 32.0 Å². The number of carbonyl (C=O) groups excluding carboxylic acids is 1. The van der Waals surface area contributed by atoms with E-state index in [2.05, 4.69) is 22.4 Å². The van der Waals surface area contributed by atoms with Crippen LogP contribution in [0.5, 0.6) is 0 Å². The molecule has 1 aromatic carbocycles. The van der Waals surface area contributed by atoms with Gasteiger partial charge in [-0.25, -0.2) is 0 Å². The lowest BCUT2D eigenvalue weighted by Gasteiger charge is -2.16. The van der Waals surface area contributed by atoms with Crippen molar-refractivity contribution < 1.29 is 4.79 Å². The van der Waals surface area contributed by atoms with E-state index in [4.69, 9.17) is 11.6 Å². The Morgan fingerprint density at radius 1 is 1.32 bits per heavy atom. The van der Waals surface area contributed by atoms with Gasteiger partial charge >= 0.3 is 0 Å². The number of rotatable bonds is 6. The zero-order valence-electron chi connectivity index (χ0n) is 14.5. The predicted octanol–water partition coefficient (Wildman–Crippen LogP) is 4.16. The number of nitrogens with zero attached hydrogens (tertiary/aromatic N) is 3. The van der Waals surface area contributed by atoms with E-state index in [1.165, 1.54) is 24.6 Å². The minimum atomic E-state index is -0.201. The molecule has 25 heavy (non-hydrogen) atoms. The number of benzene rings is 1. The second kappa shape index (κ2) is 8.23. The van der Waals surface area contributed by atoms with Crippen molar-refractivity contribution in [2.24, 2.45) is 0 Å². The average Bonchev–Trinajstić information content (AvgIpc) is 3.25. The van der Waals surface area contributed by atoms with Crippen LogP contribution in [0.1, 0.15) is 39.5 Å². The van der Waals surface area contributed by atoms with Crippen molar-refractivity contribution in [2.45, 2.75) is 62.5 Å². The molecule has 0 unspecified atom stereocenters. The summed E-state index contributed by atoms with van der Waals surface area (Å²) in [5.41, 5.74) is 0.966.